The van der Waals surface area contributed by atoms with E-state index in [0.717, 1.165) is 0 Å². The van der Waals surface area contributed by atoms with Crippen LogP contribution in [0.4, 0.5) is 0 Å². The second-order valence-corrected chi connectivity index (χ2v) is 6.95. The lowest BCUT2D eigenvalue weighted by atomic mass is 9.84. The van der Waals surface area contributed by atoms with Crippen LogP contribution in [0.2, 0.25) is 0 Å². The van der Waals surface area contributed by atoms with E-state index in [1.165, 1.54) is 37.7 Å². The van der Waals surface area contributed by atoms with Crippen LogP contribution in [0.15, 0.2) is 35.9 Å². The van der Waals surface area contributed by atoms with Crippen LogP contribution in [0.1, 0.15) is 64.4 Å². The maximum atomic E-state index is 12.1. The maximum absolute atomic E-state index is 12.1. The molecule has 0 aromatic heterocycles. The molecule has 1 aliphatic carbocycles. The van der Waals surface area contributed by atoms with Crippen molar-refractivity contribution in [1.29, 1.82) is 5.26 Å². The summed E-state index contributed by atoms with van der Waals surface area (Å²) >= 11 is 0. The first-order valence-electron chi connectivity index (χ1n) is 8.34. The predicted octanol–water partition coefficient (Wildman–Crippen LogP) is 5.14. The lowest BCUT2D eigenvalue weighted by Crippen LogP contribution is -2.13. The van der Waals surface area contributed by atoms with E-state index >= 15 is 0 Å². The van der Waals surface area contributed by atoms with Crippen molar-refractivity contribution in [2.75, 3.05) is 0 Å². The second-order valence-electron chi connectivity index (χ2n) is 6.95. The number of hydrogen-bond donors (Lipinski definition) is 0. The van der Waals surface area contributed by atoms with Gasteiger partial charge in [0, 0.05) is 5.57 Å². The highest BCUT2D eigenvalue weighted by Gasteiger charge is 2.18. The average molecular weight is 311 g/mol. The zero-order chi connectivity index (χ0) is 16.9. The molecule has 0 unspecified atom stereocenters. The smallest absolute Gasteiger partial charge is 0.338 e. The minimum atomic E-state index is -0.673. The lowest BCUT2D eigenvalue weighted by Gasteiger charge is -2.22. The summed E-state index contributed by atoms with van der Waals surface area (Å²) in [7, 11) is 0. The van der Waals surface area contributed by atoms with Gasteiger partial charge in [-0.2, -0.15) is 5.26 Å². The van der Waals surface area contributed by atoms with Gasteiger partial charge in [0.05, 0.1) is 11.5 Å². The standard InChI is InChI=1S/C20H25NO2/c1-15(13-20(2,3)14-21)19(22)23-18-11-9-17(10-12-18)16-7-5-4-6-8-16/h9-13,16H,4-8H2,1-3H3. The summed E-state index contributed by atoms with van der Waals surface area (Å²) in [5.74, 6) is 0.794. The van der Waals surface area contributed by atoms with Gasteiger partial charge in [-0.3, -0.25) is 0 Å². The van der Waals surface area contributed by atoms with Gasteiger partial charge in [0.1, 0.15) is 5.75 Å². The van der Waals surface area contributed by atoms with Crippen molar-refractivity contribution in [2.45, 2.75) is 58.8 Å². The molecule has 0 amide bonds. The number of carbonyl (C=O) groups is 1. The Kier molecular flexibility index (Phi) is 5.60. The van der Waals surface area contributed by atoms with Crippen molar-refractivity contribution in [1.82, 2.24) is 0 Å². The van der Waals surface area contributed by atoms with Crippen LogP contribution in [-0.2, 0) is 4.79 Å². The van der Waals surface area contributed by atoms with Crippen LogP contribution in [0.5, 0.6) is 5.75 Å². The van der Waals surface area contributed by atoms with Gasteiger partial charge in [0.2, 0.25) is 0 Å². The van der Waals surface area contributed by atoms with Crippen molar-refractivity contribution in [2.24, 2.45) is 5.41 Å². The molecule has 0 heterocycles. The molecule has 2 rings (SSSR count). The Labute approximate surface area is 139 Å². The van der Waals surface area contributed by atoms with Crippen molar-refractivity contribution in [3.05, 3.63) is 41.5 Å². The molecule has 0 aliphatic heterocycles. The molecule has 23 heavy (non-hydrogen) atoms. The fourth-order valence-electron chi connectivity index (χ4n) is 3.06. The van der Waals surface area contributed by atoms with E-state index in [9.17, 15) is 4.79 Å². The highest BCUT2D eigenvalue weighted by Crippen LogP contribution is 2.33. The molecule has 3 nitrogen and oxygen atoms in total. The highest BCUT2D eigenvalue weighted by molar-refractivity contribution is 5.89. The molecule has 122 valence electrons. The molecule has 0 N–H and O–H groups in total. The van der Waals surface area contributed by atoms with Crippen LogP contribution < -0.4 is 4.74 Å². The second kappa shape index (κ2) is 7.46. The lowest BCUT2D eigenvalue weighted by molar-refractivity contribution is -0.130. The number of esters is 1. The molecule has 0 radical (unpaired) electrons. The number of nitriles is 1. The summed E-state index contributed by atoms with van der Waals surface area (Å²) in [5.41, 5.74) is 1.11. The van der Waals surface area contributed by atoms with Crippen LogP contribution in [-0.4, -0.2) is 5.97 Å². The van der Waals surface area contributed by atoms with Gasteiger partial charge < -0.3 is 4.74 Å². The fraction of sp³-hybridized carbons (Fsp3) is 0.500. The summed E-state index contributed by atoms with van der Waals surface area (Å²) in [6.07, 6.45) is 8.11. The fourth-order valence-corrected chi connectivity index (χ4v) is 3.06. The van der Waals surface area contributed by atoms with Crippen LogP contribution in [0, 0.1) is 16.7 Å². The molecule has 0 spiro atoms. The molecular formula is C20H25NO2. The normalized spacial score (nSPS) is 16.7. The van der Waals surface area contributed by atoms with E-state index in [1.54, 1.807) is 26.8 Å². The van der Waals surface area contributed by atoms with Crippen LogP contribution >= 0.6 is 0 Å². The number of allylic oxidation sites excluding steroid dienone is 1. The Hall–Kier alpha value is -2.08. The number of rotatable bonds is 4. The van der Waals surface area contributed by atoms with Gasteiger partial charge in [0.25, 0.3) is 0 Å². The van der Waals surface area contributed by atoms with Gasteiger partial charge in [-0.15, -0.1) is 0 Å². The van der Waals surface area contributed by atoms with Crippen LogP contribution in [0.3, 0.4) is 0 Å². The maximum Gasteiger partial charge on any atom is 0.338 e. The molecule has 1 aromatic rings. The Morgan fingerprint density at radius 1 is 1.22 bits per heavy atom. The van der Waals surface area contributed by atoms with E-state index < -0.39 is 11.4 Å². The van der Waals surface area contributed by atoms with Crippen LogP contribution in [0.25, 0.3) is 0 Å². The monoisotopic (exact) mass is 311 g/mol. The molecule has 0 bridgehead atoms. The van der Waals surface area contributed by atoms with E-state index in [0.29, 0.717) is 17.2 Å². The summed E-state index contributed by atoms with van der Waals surface area (Å²) in [6.45, 7) is 5.21. The molecule has 1 aromatic carbocycles. The molecule has 1 saturated carbocycles. The van der Waals surface area contributed by atoms with E-state index in [1.807, 2.05) is 12.1 Å². The zero-order valence-corrected chi connectivity index (χ0v) is 14.3. The van der Waals surface area contributed by atoms with Crippen molar-refractivity contribution in [3.63, 3.8) is 0 Å². The van der Waals surface area contributed by atoms with Crippen molar-refractivity contribution in [3.8, 4) is 11.8 Å². The number of hydrogen-bond acceptors (Lipinski definition) is 3. The van der Waals surface area contributed by atoms with Crippen molar-refractivity contribution >= 4 is 5.97 Å². The Morgan fingerprint density at radius 2 is 1.83 bits per heavy atom. The summed E-state index contributed by atoms with van der Waals surface area (Å²) in [4.78, 5) is 12.1. The molecule has 3 heteroatoms. The first-order chi connectivity index (χ1) is 10.9. The molecule has 1 aliphatic rings. The number of carbonyl (C=O) groups excluding carboxylic acids is 1. The summed E-state index contributed by atoms with van der Waals surface area (Å²) < 4.78 is 5.39. The quantitative estimate of drug-likeness (QED) is 0.439. The van der Waals surface area contributed by atoms with Gasteiger partial charge in [0.15, 0.2) is 0 Å². The third-order valence-electron chi connectivity index (χ3n) is 4.35. The molecular weight excluding hydrogens is 286 g/mol. The Bertz CT molecular complexity index is 614. The summed E-state index contributed by atoms with van der Waals surface area (Å²) in [6, 6.07) is 10.0. The van der Waals surface area contributed by atoms with E-state index in [2.05, 4.69) is 18.2 Å². The minimum absolute atomic E-state index is 0.404. The molecule has 0 saturated heterocycles. The number of nitrogens with zero attached hydrogens (tertiary/aromatic N) is 1. The third-order valence-corrected chi connectivity index (χ3v) is 4.35. The van der Waals surface area contributed by atoms with Gasteiger partial charge in [-0.1, -0.05) is 37.5 Å². The predicted molar refractivity (Wildman–Crippen MR) is 91.1 cm³/mol. The van der Waals surface area contributed by atoms with E-state index in [4.69, 9.17) is 10.00 Å². The molecule has 1 fully saturated rings. The van der Waals surface area contributed by atoms with E-state index in [-0.39, 0.29) is 0 Å². The first kappa shape index (κ1) is 17.3. The van der Waals surface area contributed by atoms with Gasteiger partial charge in [-0.05, 0) is 57.2 Å². The Balaban J connectivity index is 2.00. The largest absolute Gasteiger partial charge is 0.423 e. The number of ether oxygens (including phenoxy) is 1. The summed E-state index contributed by atoms with van der Waals surface area (Å²) in [5, 5.41) is 9.02. The van der Waals surface area contributed by atoms with Crippen molar-refractivity contribution < 1.29 is 9.53 Å². The first-order valence-corrected chi connectivity index (χ1v) is 8.34. The van der Waals surface area contributed by atoms with Gasteiger partial charge >= 0.3 is 5.97 Å². The highest BCUT2D eigenvalue weighted by atomic mass is 16.5. The third kappa shape index (κ3) is 4.96. The molecule has 0 atom stereocenters. The number of benzene rings is 1. The Morgan fingerprint density at radius 3 is 2.39 bits per heavy atom. The average Bonchev–Trinajstić information content (AvgIpc) is 2.56. The topological polar surface area (TPSA) is 50.1 Å². The minimum Gasteiger partial charge on any atom is -0.423 e. The SMILES string of the molecule is CC(=CC(C)(C)C#N)C(=O)Oc1ccc(C2CCCCC2)cc1. The zero-order valence-electron chi connectivity index (χ0n) is 14.3. The van der Waals surface area contributed by atoms with Gasteiger partial charge in [-0.25, -0.2) is 4.79 Å².